The van der Waals surface area contributed by atoms with E-state index in [1.54, 1.807) is 42.1 Å². The summed E-state index contributed by atoms with van der Waals surface area (Å²) in [5.74, 6) is 2.16. The van der Waals surface area contributed by atoms with E-state index in [0.29, 0.717) is 41.2 Å². The summed E-state index contributed by atoms with van der Waals surface area (Å²) in [4.78, 5) is 17.1. The molecule has 0 aliphatic carbocycles. The van der Waals surface area contributed by atoms with Gasteiger partial charge in [0.25, 0.3) is 5.91 Å². The van der Waals surface area contributed by atoms with Gasteiger partial charge in [-0.15, -0.1) is 11.3 Å². The van der Waals surface area contributed by atoms with Gasteiger partial charge in [-0.2, -0.15) is 11.8 Å². The molecule has 0 aliphatic rings. The molecule has 0 unspecified atom stereocenters. The van der Waals surface area contributed by atoms with E-state index in [1.165, 1.54) is 23.5 Å². The van der Waals surface area contributed by atoms with Crippen molar-refractivity contribution < 1.29 is 18.7 Å². The fraction of sp³-hybridized carbons (Fsp3) is 0.273. The molecule has 2 aromatic carbocycles. The summed E-state index contributed by atoms with van der Waals surface area (Å²) in [5, 5.41) is 5.31. The van der Waals surface area contributed by atoms with Crippen LogP contribution in [0.1, 0.15) is 35.5 Å². The Morgan fingerprint density at radius 2 is 1.80 bits per heavy atom. The molecule has 5 nitrogen and oxygen atoms in total. The molecule has 0 spiro atoms. The van der Waals surface area contributed by atoms with Crippen molar-refractivity contribution in [3.63, 3.8) is 0 Å². The molecule has 30 heavy (non-hydrogen) atoms. The molecule has 1 heterocycles. The molecule has 8 heteroatoms. The number of amides is 1. The van der Waals surface area contributed by atoms with Gasteiger partial charge in [0.2, 0.25) is 0 Å². The highest BCUT2D eigenvalue weighted by Crippen LogP contribution is 2.29. The lowest BCUT2D eigenvalue weighted by molar-refractivity contribution is 0.102. The Morgan fingerprint density at radius 3 is 2.53 bits per heavy atom. The van der Waals surface area contributed by atoms with Crippen molar-refractivity contribution in [1.82, 2.24) is 4.98 Å². The minimum Gasteiger partial charge on any atom is -0.490 e. The molecule has 3 aromatic rings. The quantitative estimate of drug-likeness (QED) is 0.429. The Kier molecular flexibility index (Phi) is 8.10. The highest BCUT2D eigenvalue weighted by Gasteiger charge is 2.13. The van der Waals surface area contributed by atoms with E-state index in [1.807, 2.05) is 19.2 Å². The predicted molar refractivity (Wildman–Crippen MR) is 120 cm³/mol. The fourth-order valence-corrected chi connectivity index (χ4v) is 4.34. The van der Waals surface area contributed by atoms with E-state index < -0.39 is 0 Å². The van der Waals surface area contributed by atoms with Crippen LogP contribution in [0.5, 0.6) is 11.5 Å². The zero-order chi connectivity index (χ0) is 21.3. The number of hydrogen-bond donors (Lipinski definition) is 1. The number of thiazole rings is 1. The molecule has 0 saturated carbocycles. The number of carbonyl (C=O) groups is 1. The molecule has 0 radical (unpaired) electrons. The predicted octanol–water partition coefficient (Wildman–Crippen LogP) is 5.77. The first kappa shape index (κ1) is 22.1. The third-order valence-electron chi connectivity index (χ3n) is 4.01. The lowest BCUT2D eigenvalue weighted by Gasteiger charge is -2.12. The second-order valence-electron chi connectivity index (χ2n) is 6.24. The summed E-state index contributed by atoms with van der Waals surface area (Å²) >= 11 is 3.07. The normalized spacial score (nSPS) is 10.6. The molecular weight excluding hydrogens is 423 g/mol. The molecule has 0 saturated heterocycles. The molecule has 0 fully saturated rings. The minimum absolute atomic E-state index is 0.232. The number of benzene rings is 2. The zero-order valence-corrected chi connectivity index (χ0v) is 18.4. The first-order chi connectivity index (χ1) is 14.6. The van der Waals surface area contributed by atoms with E-state index in [-0.39, 0.29) is 11.7 Å². The molecule has 0 atom stereocenters. The first-order valence-corrected chi connectivity index (χ1v) is 11.6. The van der Waals surface area contributed by atoms with Crippen molar-refractivity contribution in [2.24, 2.45) is 0 Å². The van der Waals surface area contributed by atoms with E-state index >= 15 is 0 Å². The monoisotopic (exact) mass is 446 g/mol. The molecular formula is C22H23FN2O3S2. The van der Waals surface area contributed by atoms with Crippen LogP contribution in [0, 0.1) is 5.82 Å². The average Bonchev–Trinajstić information content (AvgIpc) is 3.18. The summed E-state index contributed by atoms with van der Waals surface area (Å²) in [6, 6.07) is 11.6. The molecule has 3 rings (SSSR count). The smallest absolute Gasteiger partial charge is 0.257 e. The van der Waals surface area contributed by atoms with Crippen LogP contribution < -0.4 is 14.8 Å². The highest BCUT2D eigenvalue weighted by atomic mass is 32.2. The SMILES string of the molecule is CCOc1ccc(C(=O)Nc2nc(CSCc3ccc(F)cc3)cs2)cc1OCC. The highest BCUT2D eigenvalue weighted by molar-refractivity contribution is 7.97. The van der Waals surface area contributed by atoms with Gasteiger partial charge in [-0.25, -0.2) is 9.37 Å². The van der Waals surface area contributed by atoms with E-state index in [2.05, 4.69) is 10.3 Å². The van der Waals surface area contributed by atoms with Crippen LogP contribution in [-0.4, -0.2) is 24.1 Å². The lowest BCUT2D eigenvalue weighted by Crippen LogP contribution is -2.12. The Balaban J connectivity index is 1.56. The van der Waals surface area contributed by atoms with Crippen molar-refractivity contribution >= 4 is 34.1 Å². The Hall–Kier alpha value is -2.58. The van der Waals surface area contributed by atoms with Gasteiger partial charge in [-0.1, -0.05) is 12.1 Å². The number of ether oxygens (including phenoxy) is 2. The standard InChI is InChI=1S/C22H23FN2O3S2/c1-3-27-19-10-7-16(11-20(19)28-4-2)21(26)25-22-24-18(14-30-22)13-29-12-15-5-8-17(23)9-6-15/h5-11,14H,3-4,12-13H2,1-2H3,(H,24,25,26). The van der Waals surface area contributed by atoms with Gasteiger partial charge in [0.15, 0.2) is 16.6 Å². The van der Waals surface area contributed by atoms with Gasteiger partial charge < -0.3 is 9.47 Å². The van der Waals surface area contributed by atoms with E-state index in [4.69, 9.17) is 9.47 Å². The van der Waals surface area contributed by atoms with E-state index in [9.17, 15) is 9.18 Å². The number of nitrogens with one attached hydrogen (secondary N) is 1. The van der Waals surface area contributed by atoms with Crippen LogP contribution in [0.3, 0.4) is 0 Å². The largest absolute Gasteiger partial charge is 0.490 e. The third-order valence-corrected chi connectivity index (χ3v) is 5.85. The van der Waals surface area contributed by atoms with Crippen LogP contribution in [0.15, 0.2) is 47.8 Å². The number of anilines is 1. The molecule has 1 N–H and O–H groups in total. The third kappa shape index (κ3) is 6.21. The number of carbonyl (C=O) groups excluding carboxylic acids is 1. The van der Waals surface area contributed by atoms with Gasteiger partial charge in [0.1, 0.15) is 5.82 Å². The van der Waals surface area contributed by atoms with Crippen LogP contribution in [0.4, 0.5) is 9.52 Å². The van der Waals surface area contributed by atoms with E-state index in [0.717, 1.165) is 17.0 Å². The van der Waals surface area contributed by atoms with Gasteiger partial charge in [0, 0.05) is 22.4 Å². The Labute approximate surface area is 183 Å². The summed E-state index contributed by atoms with van der Waals surface area (Å²) in [6.07, 6.45) is 0. The first-order valence-electron chi connectivity index (χ1n) is 9.56. The number of thioether (sulfide) groups is 1. The summed E-state index contributed by atoms with van der Waals surface area (Å²) in [6.45, 7) is 4.78. The van der Waals surface area contributed by atoms with Crippen molar-refractivity contribution in [1.29, 1.82) is 0 Å². The number of hydrogen-bond acceptors (Lipinski definition) is 6. The summed E-state index contributed by atoms with van der Waals surface area (Å²) in [7, 11) is 0. The van der Waals surface area contributed by atoms with Crippen LogP contribution in [0.25, 0.3) is 0 Å². The molecule has 1 amide bonds. The van der Waals surface area contributed by atoms with Crippen LogP contribution in [-0.2, 0) is 11.5 Å². The van der Waals surface area contributed by atoms with Gasteiger partial charge >= 0.3 is 0 Å². The second-order valence-corrected chi connectivity index (χ2v) is 8.09. The molecule has 0 bridgehead atoms. The zero-order valence-electron chi connectivity index (χ0n) is 16.8. The second kappa shape index (κ2) is 11.0. The fourth-order valence-electron chi connectivity index (χ4n) is 2.65. The Morgan fingerprint density at radius 1 is 1.07 bits per heavy atom. The molecule has 0 aliphatic heterocycles. The lowest BCUT2D eigenvalue weighted by atomic mass is 10.2. The van der Waals surface area contributed by atoms with Gasteiger partial charge in [-0.3, -0.25) is 10.1 Å². The van der Waals surface area contributed by atoms with Crippen molar-refractivity contribution in [3.8, 4) is 11.5 Å². The number of aromatic nitrogens is 1. The average molecular weight is 447 g/mol. The molecule has 158 valence electrons. The van der Waals surface area contributed by atoms with Crippen molar-refractivity contribution in [2.75, 3.05) is 18.5 Å². The number of halogens is 1. The number of rotatable bonds is 10. The van der Waals surface area contributed by atoms with Crippen LogP contribution in [0.2, 0.25) is 0 Å². The Bertz CT molecular complexity index is 977. The maximum atomic E-state index is 13.0. The molecule has 1 aromatic heterocycles. The summed E-state index contributed by atoms with van der Waals surface area (Å²) in [5.41, 5.74) is 2.43. The number of nitrogens with zero attached hydrogens (tertiary/aromatic N) is 1. The topological polar surface area (TPSA) is 60.5 Å². The van der Waals surface area contributed by atoms with Crippen LogP contribution >= 0.6 is 23.1 Å². The van der Waals surface area contributed by atoms with Gasteiger partial charge in [0.05, 0.1) is 18.9 Å². The minimum atomic E-state index is -0.251. The maximum Gasteiger partial charge on any atom is 0.257 e. The maximum absolute atomic E-state index is 13.0. The van der Waals surface area contributed by atoms with Crippen molar-refractivity contribution in [2.45, 2.75) is 25.4 Å². The van der Waals surface area contributed by atoms with Crippen molar-refractivity contribution in [3.05, 3.63) is 70.5 Å². The van der Waals surface area contributed by atoms with Gasteiger partial charge in [-0.05, 0) is 49.7 Å². The summed E-state index contributed by atoms with van der Waals surface area (Å²) < 4.78 is 24.1.